The van der Waals surface area contributed by atoms with Crippen molar-refractivity contribution in [2.45, 2.75) is 71.4 Å². The van der Waals surface area contributed by atoms with E-state index in [1.54, 1.807) is 0 Å². The maximum atomic E-state index is 5.91. The van der Waals surface area contributed by atoms with E-state index in [-0.39, 0.29) is 5.41 Å². The minimum absolute atomic E-state index is 0.190. The minimum Gasteiger partial charge on any atom is -0.490 e. The van der Waals surface area contributed by atoms with Crippen molar-refractivity contribution < 1.29 is 4.74 Å². The predicted molar refractivity (Wildman–Crippen MR) is 85.2 cm³/mol. The molecule has 0 unspecified atom stereocenters. The van der Waals surface area contributed by atoms with Crippen LogP contribution >= 0.6 is 0 Å². The summed E-state index contributed by atoms with van der Waals surface area (Å²) in [5.74, 6) is 0.970. The van der Waals surface area contributed by atoms with Crippen LogP contribution in [0.15, 0.2) is 24.3 Å². The van der Waals surface area contributed by atoms with Gasteiger partial charge in [-0.25, -0.2) is 0 Å². The zero-order chi connectivity index (χ0) is 15.0. The third-order valence-electron chi connectivity index (χ3n) is 4.04. The lowest BCUT2D eigenvalue weighted by Crippen LogP contribution is -2.43. The Hall–Kier alpha value is -1.02. The van der Waals surface area contributed by atoms with Gasteiger partial charge in [0.05, 0.1) is 0 Å². The molecular weight excluding hydrogens is 246 g/mol. The van der Waals surface area contributed by atoms with Crippen LogP contribution in [0.5, 0.6) is 5.75 Å². The number of hydrogen-bond acceptors (Lipinski definition) is 2. The van der Waals surface area contributed by atoms with E-state index in [9.17, 15) is 0 Å². The third kappa shape index (κ3) is 3.99. The maximum absolute atomic E-state index is 5.91. The van der Waals surface area contributed by atoms with Gasteiger partial charge in [-0.2, -0.15) is 0 Å². The first-order valence-corrected chi connectivity index (χ1v) is 7.68. The molecule has 2 heteroatoms. The minimum atomic E-state index is 0.190. The van der Waals surface area contributed by atoms with Gasteiger partial charge in [0.2, 0.25) is 0 Å². The van der Waals surface area contributed by atoms with Gasteiger partial charge in [-0.15, -0.1) is 0 Å². The van der Waals surface area contributed by atoms with Crippen LogP contribution in [0.1, 0.15) is 59.4 Å². The molecule has 0 atom stereocenters. The quantitative estimate of drug-likeness (QED) is 0.890. The molecule has 20 heavy (non-hydrogen) atoms. The van der Waals surface area contributed by atoms with Gasteiger partial charge < -0.3 is 10.5 Å². The molecule has 1 aromatic carbocycles. The van der Waals surface area contributed by atoms with Crippen LogP contribution < -0.4 is 10.5 Å². The van der Waals surface area contributed by atoms with Crippen molar-refractivity contribution in [2.24, 2.45) is 11.1 Å². The monoisotopic (exact) mass is 275 g/mol. The molecule has 1 aliphatic rings. The molecule has 1 saturated carbocycles. The summed E-state index contributed by atoms with van der Waals surface area (Å²) in [6, 6.07) is 8.96. The first-order chi connectivity index (χ1) is 9.16. The van der Waals surface area contributed by atoms with E-state index in [0.717, 1.165) is 25.0 Å². The van der Waals surface area contributed by atoms with Crippen molar-refractivity contribution in [3.05, 3.63) is 29.8 Å². The van der Waals surface area contributed by atoms with Crippen molar-refractivity contribution >= 4 is 0 Å². The first kappa shape index (κ1) is 15.4. The Morgan fingerprint density at radius 3 is 2.05 bits per heavy atom. The van der Waals surface area contributed by atoms with Crippen LogP contribution in [0.4, 0.5) is 0 Å². The van der Waals surface area contributed by atoms with Crippen molar-refractivity contribution in [3.8, 4) is 5.75 Å². The molecule has 2 nitrogen and oxygen atoms in total. The predicted octanol–water partition coefficient (Wildman–Crippen LogP) is 4.27. The highest BCUT2D eigenvalue weighted by molar-refractivity contribution is 5.32. The van der Waals surface area contributed by atoms with Crippen LogP contribution in [-0.4, -0.2) is 12.1 Å². The highest BCUT2D eigenvalue weighted by Gasteiger charge is 2.29. The lowest BCUT2D eigenvalue weighted by atomic mass is 9.72. The highest BCUT2D eigenvalue weighted by atomic mass is 16.5. The van der Waals surface area contributed by atoms with E-state index in [1.165, 1.54) is 5.56 Å². The summed E-state index contributed by atoms with van der Waals surface area (Å²) in [5.41, 5.74) is 7.69. The van der Waals surface area contributed by atoms with Gasteiger partial charge in [-0.3, -0.25) is 0 Å². The summed E-state index contributed by atoms with van der Waals surface area (Å²) in [4.78, 5) is 0. The number of rotatable bonds is 4. The van der Waals surface area contributed by atoms with Gasteiger partial charge in [-0.1, -0.05) is 46.8 Å². The molecule has 0 saturated heterocycles. The Morgan fingerprint density at radius 1 is 1.05 bits per heavy atom. The Bertz CT molecular complexity index is 435. The second kappa shape index (κ2) is 5.40. The summed E-state index contributed by atoms with van der Waals surface area (Å²) < 4.78 is 5.91. The molecule has 0 radical (unpaired) electrons. The molecule has 1 aliphatic carbocycles. The molecular formula is C18H29NO. The summed E-state index contributed by atoms with van der Waals surface area (Å²) in [6.07, 6.45) is 3.45. The zero-order valence-electron chi connectivity index (χ0n) is 13.6. The Labute approximate surface area is 123 Å². The average Bonchev–Trinajstić information content (AvgIpc) is 2.24. The number of benzene rings is 1. The standard InChI is InChI=1S/C18H29NO/c1-17(2,3)12-18(4,5)13-6-8-15(9-7-13)20-16-10-14(19)11-16/h6-9,14,16H,10-12,19H2,1-5H3. The zero-order valence-corrected chi connectivity index (χ0v) is 13.6. The van der Waals surface area contributed by atoms with E-state index in [4.69, 9.17) is 10.5 Å². The number of ether oxygens (including phenoxy) is 1. The summed E-state index contributed by atoms with van der Waals surface area (Å²) in [7, 11) is 0. The third-order valence-corrected chi connectivity index (χ3v) is 4.04. The molecule has 0 amide bonds. The maximum Gasteiger partial charge on any atom is 0.119 e. The van der Waals surface area contributed by atoms with Gasteiger partial charge in [0.1, 0.15) is 11.9 Å². The van der Waals surface area contributed by atoms with E-state index < -0.39 is 0 Å². The Balaban J connectivity index is 2.00. The van der Waals surface area contributed by atoms with Gasteiger partial charge >= 0.3 is 0 Å². The summed E-state index contributed by atoms with van der Waals surface area (Å²) in [6.45, 7) is 11.5. The fourth-order valence-corrected chi connectivity index (χ4v) is 3.31. The Kier molecular flexibility index (Phi) is 4.15. The lowest BCUT2D eigenvalue weighted by Gasteiger charge is -2.34. The highest BCUT2D eigenvalue weighted by Crippen LogP contribution is 2.37. The summed E-state index contributed by atoms with van der Waals surface area (Å²) in [5, 5.41) is 0. The molecule has 0 heterocycles. The van der Waals surface area contributed by atoms with Gasteiger partial charge in [0.25, 0.3) is 0 Å². The van der Waals surface area contributed by atoms with Gasteiger partial charge in [-0.05, 0) is 47.8 Å². The fourth-order valence-electron chi connectivity index (χ4n) is 3.31. The van der Waals surface area contributed by atoms with Crippen LogP contribution in [0.3, 0.4) is 0 Å². The Morgan fingerprint density at radius 2 is 1.60 bits per heavy atom. The normalized spacial score (nSPS) is 23.3. The van der Waals surface area contributed by atoms with E-state index in [2.05, 4.69) is 58.9 Å². The fraction of sp³-hybridized carbons (Fsp3) is 0.667. The molecule has 112 valence electrons. The van der Waals surface area contributed by atoms with Gasteiger partial charge in [0.15, 0.2) is 0 Å². The second-order valence-electron chi connectivity index (χ2n) is 8.12. The molecule has 0 aromatic heterocycles. The average molecular weight is 275 g/mol. The molecule has 1 fully saturated rings. The van der Waals surface area contributed by atoms with Crippen LogP contribution in [-0.2, 0) is 5.41 Å². The van der Waals surface area contributed by atoms with Crippen molar-refractivity contribution in [2.75, 3.05) is 0 Å². The smallest absolute Gasteiger partial charge is 0.119 e. The number of hydrogen-bond donors (Lipinski definition) is 1. The van der Waals surface area contributed by atoms with E-state index >= 15 is 0 Å². The van der Waals surface area contributed by atoms with Crippen molar-refractivity contribution in [3.63, 3.8) is 0 Å². The molecule has 0 spiro atoms. The van der Waals surface area contributed by atoms with Gasteiger partial charge in [0, 0.05) is 6.04 Å². The SMILES string of the molecule is CC(C)(C)CC(C)(C)c1ccc(OC2CC(N)C2)cc1. The second-order valence-corrected chi connectivity index (χ2v) is 8.12. The molecule has 1 aromatic rings. The largest absolute Gasteiger partial charge is 0.490 e. The van der Waals surface area contributed by atoms with Crippen LogP contribution in [0.2, 0.25) is 0 Å². The molecule has 2 N–H and O–H groups in total. The van der Waals surface area contributed by atoms with E-state index in [1.807, 2.05) is 0 Å². The summed E-state index contributed by atoms with van der Waals surface area (Å²) >= 11 is 0. The number of nitrogens with two attached hydrogens (primary N) is 1. The molecule has 0 aliphatic heterocycles. The van der Waals surface area contributed by atoms with Crippen molar-refractivity contribution in [1.29, 1.82) is 0 Å². The van der Waals surface area contributed by atoms with E-state index in [0.29, 0.717) is 17.6 Å². The first-order valence-electron chi connectivity index (χ1n) is 7.68. The van der Waals surface area contributed by atoms with Crippen molar-refractivity contribution in [1.82, 2.24) is 0 Å². The topological polar surface area (TPSA) is 35.2 Å². The lowest BCUT2D eigenvalue weighted by molar-refractivity contribution is 0.101. The molecule has 2 rings (SSSR count). The van der Waals surface area contributed by atoms with Crippen LogP contribution in [0.25, 0.3) is 0 Å². The molecule has 0 bridgehead atoms. The van der Waals surface area contributed by atoms with Crippen LogP contribution in [0, 0.1) is 5.41 Å².